The van der Waals surface area contributed by atoms with Crippen molar-refractivity contribution in [3.05, 3.63) is 54.1 Å². The van der Waals surface area contributed by atoms with E-state index in [2.05, 4.69) is 0 Å². The van der Waals surface area contributed by atoms with Gasteiger partial charge in [-0.05, 0) is 43.3 Å². The Hall–Kier alpha value is -3.02. The smallest absolute Gasteiger partial charge is 0.254 e. The van der Waals surface area contributed by atoms with Crippen molar-refractivity contribution >= 4 is 17.5 Å². The minimum Gasteiger partial charge on any atom is -0.497 e. The Bertz CT molecular complexity index is 804. The molecule has 2 aromatic carbocycles. The first-order chi connectivity index (χ1) is 12.6. The number of amides is 2. The molecule has 6 nitrogen and oxygen atoms in total. The predicted octanol–water partition coefficient (Wildman–Crippen LogP) is 2.58. The minimum absolute atomic E-state index is 0.123. The highest BCUT2D eigenvalue weighted by atomic mass is 16.5. The van der Waals surface area contributed by atoms with Crippen LogP contribution in [0.5, 0.6) is 11.5 Å². The summed E-state index contributed by atoms with van der Waals surface area (Å²) in [5.74, 6) is 1.05. The third kappa shape index (κ3) is 3.22. The minimum atomic E-state index is -0.553. The van der Waals surface area contributed by atoms with E-state index in [0.29, 0.717) is 30.2 Å². The number of benzene rings is 2. The lowest BCUT2D eigenvalue weighted by Gasteiger charge is -2.39. The van der Waals surface area contributed by atoms with Crippen LogP contribution < -0.4 is 14.4 Å². The van der Waals surface area contributed by atoms with Gasteiger partial charge in [-0.25, -0.2) is 0 Å². The molecule has 0 N–H and O–H groups in total. The number of anilines is 1. The summed E-state index contributed by atoms with van der Waals surface area (Å²) in [5.41, 5.74) is 1.26. The van der Waals surface area contributed by atoms with E-state index in [0.717, 1.165) is 5.69 Å². The van der Waals surface area contributed by atoms with Crippen LogP contribution in [0, 0.1) is 0 Å². The molecule has 6 heteroatoms. The Morgan fingerprint density at radius 2 is 1.69 bits per heavy atom. The summed E-state index contributed by atoms with van der Waals surface area (Å²) in [4.78, 5) is 29.0. The molecule has 1 saturated heterocycles. The van der Waals surface area contributed by atoms with Crippen LogP contribution in [0.4, 0.5) is 5.69 Å². The fourth-order valence-corrected chi connectivity index (χ4v) is 3.14. The molecule has 1 heterocycles. The average molecular weight is 354 g/mol. The van der Waals surface area contributed by atoms with E-state index in [4.69, 9.17) is 9.47 Å². The number of ether oxygens (including phenoxy) is 2. The van der Waals surface area contributed by atoms with Crippen molar-refractivity contribution in [2.24, 2.45) is 0 Å². The van der Waals surface area contributed by atoms with Gasteiger partial charge in [0.15, 0.2) is 0 Å². The van der Waals surface area contributed by atoms with E-state index in [9.17, 15) is 9.59 Å². The number of hydrogen-bond acceptors (Lipinski definition) is 4. The first kappa shape index (κ1) is 17.8. The van der Waals surface area contributed by atoms with Gasteiger partial charge in [-0.2, -0.15) is 0 Å². The fraction of sp³-hybridized carbons (Fsp3) is 0.300. The van der Waals surface area contributed by atoms with Gasteiger partial charge in [0.05, 0.1) is 19.9 Å². The van der Waals surface area contributed by atoms with Crippen molar-refractivity contribution in [2.75, 3.05) is 32.2 Å². The van der Waals surface area contributed by atoms with Crippen LogP contribution in [0.3, 0.4) is 0 Å². The summed E-state index contributed by atoms with van der Waals surface area (Å²) >= 11 is 0. The number of piperazine rings is 1. The number of methoxy groups -OCH3 is 2. The van der Waals surface area contributed by atoms with Crippen LogP contribution in [0.2, 0.25) is 0 Å². The van der Waals surface area contributed by atoms with Crippen molar-refractivity contribution in [2.45, 2.75) is 13.0 Å². The summed E-state index contributed by atoms with van der Waals surface area (Å²) < 4.78 is 10.5. The van der Waals surface area contributed by atoms with Crippen LogP contribution in [0.15, 0.2) is 48.5 Å². The molecule has 2 aromatic rings. The van der Waals surface area contributed by atoms with E-state index in [-0.39, 0.29) is 11.8 Å². The average Bonchev–Trinajstić information content (AvgIpc) is 2.69. The van der Waals surface area contributed by atoms with Gasteiger partial charge < -0.3 is 19.3 Å². The summed E-state index contributed by atoms with van der Waals surface area (Å²) in [6.45, 7) is 2.63. The largest absolute Gasteiger partial charge is 0.497 e. The fourth-order valence-electron chi connectivity index (χ4n) is 3.14. The SMILES string of the molecule is COc1ccc(C(=O)N2CCN(c3ccccc3OC)C(=O)C2C)cc1. The molecule has 1 aliphatic heterocycles. The molecule has 0 bridgehead atoms. The quantitative estimate of drug-likeness (QED) is 0.847. The van der Waals surface area contributed by atoms with E-state index in [1.54, 1.807) is 55.2 Å². The lowest BCUT2D eigenvalue weighted by atomic mass is 10.1. The molecule has 1 aliphatic rings. The monoisotopic (exact) mass is 354 g/mol. The van der Waals surface area contributed by atoms with Gasteiger partial charge in [0.1, 0.15) is 17.5 Å². The zero-order valence-corrected chi connectivity index (χ0v) is 15.1. The second-order valence-corrected chi connectivity index (χ2v) is 6.06. The third-order valence-corrected chi connectivity index (χ3v) is 4.63. The molecule has 2 amide bonds. The van der Waals surface area contributed by atoms with Crippen LogP contribution >= 0.6 is 0 Å². The molecule has 0 aromatic heterocycles. The molecular weight excluding hydrogens is 332 g/mol. The summed E-state index contributed by atoms with van der Waals surface area (Å²) in [7, 11) is 3.16. The van der Waals surface area contributed by atoms with Gasteiger partial charge in [0, 0.05) is 18.7 Å². The second kappa shape index (κ2) is 7.47. The summed E-state index contributed by atoms with van der Waals surface area (Å²) in [6.07, 6.45) is 0. The van der Waals surface area contributed by atoms with E-state index in [1.165, 1.54) is 0 Å². The Kier molecular flexibility index (Phi) is 5.11. The van der Waals surface area contributed by atoms with Crippen LogP contribution in [0.25, 0.3) is 0 Å². The molecule has 0 spiro atoms. The normalized spacial score (nSPS) is 17.2. The molecule has 0 saturated carbocycles. The first-order valence-corrected chi connectivity index (χ1v) is 8.46. The molecule has 3 rings (SSSR count). The maximum absolute atomic E-state index is 12.9. The zero-order chi connectivity index (χ0) is 18.7. The van der Waals surface area contributed by atoms with Gasteiger partial charge in [-0.1, -0.05) is 12.1 Å². The number of hydrogen-bond donors (Lipinski definition) is 0. The maximum atomic E-state index is 12.9. The van der Waals surface area contributed by atoms with Crippen LogP contribution in [0.1, 0.15) is 17.3 Å². The van der Waals surface area contributed by atoms with Crippen molar-refractivity contribution in [1.82, 2.24) is 4.90 Å². The second-order valence-electron chi connectivity index (χ2n) is 6.06. The molecule has 1 atom stereocenters. The van der Waals surface area contributed by atoms with Gasteiger partial charge in [-0.15, -0.1) is 0 Å². The number of carbonyl (C=O) groups is 2. The molecule has 136 valence electrons. The highest BCUT2D eigenvalue weighted by molar-refractivity contribution is 6.04. The molecule has 26 heavy (non-hydrogen) atoms. The zero-order valence-electron chi connectivity index (χ0n) is 15.1. The van der Waals surface area contributed by atoms with Crippen molar-refractivity contribution in [3.8, 4) is 11.5 Å². The Balaban J connectivity index is 1.80. The lowest BCUT2D eigenvalue weighted by Crippen LogP contribution is -2.57. The number of nitrogens with zero attached hydrogens (tertiary/aromatic N) is 2. The van der Waals surface area contributed by atoms with Crippen molar-refractivity contribution in [3.63, 3.8) is 0 Å². The number of carbonyl (C=O) groups excluding carboxylic acids is 2. The van der Waals surface area contributed by atoms with Gasteiger partial charge in [0.2, 0.25) is 5.91 Å². The van der Waals surface area contributed by atoms with E-state index >= 15 is 0 Å². The van der Waals surface area contributed by atoms with Gasteiger partial charge in [-0.3, -0.25) is 9.59 Å². The molecule has 0 radical (unpaired) electrons. The van der Waals surface area contributed by atoms with Gasteiger partial charge >= 0.3 is 0 Å². The van der Waals surface area contributed by atoms with E-state index in [1.807, 2.05) is 24.3 Å². The Labute approximate surface area is 152 Å². The van der Waals surface area contributed by atoms with Crippen molar-refractivity contribution in [1.29, 1.82) is 0 Å². The van der Waals surface area contributed by atoms with Crippen molar-refractivity contribution < 1.29 is 19.1 Å². The van der Waals surface area contributed by atoms with E-state index < -0.39 is 6.04 Å². The number of rotatable bonds is 4. The topological polar surface area (TPSA) is 59.1 Å². The van der Waals surface area contributed by atoms with Gasteiger partial charge in [0.25, 0.3) is 5.91 Å². The Morgan fingerprint density at radius 1 is 1.00 bits per heavy atom. The molecular formula is C20H22N2O4. The highest BCUT2D eigenvalue weighted by Gasteiger charge is 2.36. The van der Waals surface area contributed by atoms with Crippen LogP contribution in [-0.4, -0.2) is 50.1 Å². The summed E-state index contributed by atoms with van der Waals surface area (Å²) in [5, 5.41) is 0. The highest BCUT2D eigenvalue weighted by Crippen LogP contribution is 2.30. The predicted molar refractivity (Wildman–Crippen MR) is 98.8 cm³/mol. The van der Waals surface area contributed by atoms with Crippen LogP contribution in [-0.2, 0) is 4.79 Å². The standard InChI is InChI=1S/C20H22N2O4/c1-14-19(23)22(17-6-4-5-7-18(17)26-3)13-12-21(14)20(24)15-8-10-16(25-2)11-9-15/h4-11,14H,12-13H2,1-3H3. The Morgan fingerprint density at radius 3 is 2.35 bits per heavy atom. The number of para-hydroxylation sites is 2. The summed E-state index contributed by atoms with van der Waals surface area (Å²) in [6, 6.07) is 13.8. The molecule has 1 fully saturated rings. The third-order valence-electron chi connectivity index (χ3n) is 4.63. The first-order valence-electron chi connectivity index (χ1n) is 8.46. The lowest BCUT2D eigenvalue weighted by molar-refractivity contribution is -0.124. The molecule has 0 aliphatic carbocycles. The molecule has 1 unspecified atom stereocenters. The maximum Gasteiger partial charge on any atom is 0.254 e.